The van der Waals surface area contributed by atoms with Crippen molar-refractivity contribution in [3.63, 3.8) is 0 Å². The van der Waals surface area contributed by atoms with E-state index in [0.717, 1.165) is 18.6 Å². The molecule has 25 heavy (non-hydrogen) atoms. The van der Waals surface area contributed by atoms with Crippen LogP contribution in [0.25, 0.3) is 0 Å². The SMILES string of the molecule is Cc1ccc([C@H](C)NC(=O)Nc2ccc(Cl)c(C(=O)NC3CC3)c2)o1. The first kappa shape index (κ1) is 17.4. The molecule has 0 bridgehead atoms. The number of carbonyl (C=O) groups is 2. The van der Waals surface area contributed by atoms with Crippen LogP contribution in [0.1, 0.15) is 47.7 Å². The number of aryl methyl sites for hydroxylation is 1. The lowest BCUT2D eigenvalue weighted by atomic mass is 10.2. The molecule has 1 aliphatic rings. The van der Waals surface area contributed by atoms with Crippen molar-refractivity contribution in [3.05, 3.63) is 52.4 Å². The van der Waals surface area contributed by atoms with Gasteiger partial charge in [-0.15, -0.1) is 0 Å². The molecular formula is C18H20ClN3O3. The Balaban J connectivity index is 1.63. The third kappa shape index (κ3) is 4.54. The van der Waals surface area contributed by atoms with E-state index < -0.39 is 6.03 Å². The third-order valence-electron chi connectivity index (χ3n) is 3.92. The van der Waals surface area contributed by atoms with Crippen LogP contribution in [-0.4, -0.2) is 18.0 Å². The van der Waals surface area contributed by atoms with E-state index in [1.807, 2.05) is 26.0 Å². The average molecular weight is 362 g/mol. The van der Waals surface area contributed by atoms with Gasteiger partial charge in [0.15, 0.2) is 0 Å². The summed E-state index contributed by atoms with van der Waals surface area (Å²) in [5.41, 5.74) is 0.840. The highest BCUT2D eigenvalue weighted by Gasteiger charge is 2.25. The first-order chi connectivity index (χ1) is 11.9. The Bertz CT molecular complexity index is 799. The number of rotatable bonds is 5. The standard InChI is InChI=1S/C18H20ClN3O3/c1-10-3-8-16(25-10)11(2)20-18(24)22-13-6-7-15(19)14(9-13)17(23)21-12-4-5-12/h3,6-9,11-12H,4-5H2,1-2H3,(H,21,23)(H2,20,22,24)/t11-/m0/s1. The monoisotopic (exact) mass is 361 g/mol. The van der Waals surface area contributed by atoms with E-state index in [4.69, 9.17) is 16.0 Å². The summed E-state index contributed by atoms with van der Waals surface area (Å²) in [6.07, 6.45) is 1.99. The highest BCUT2D eigenvalue weighted by molar-refractivity contribution is 6.34. The van der Waals surface area contributed by atoms with Gasteiger partial charge in [-0.1, -0.05) is 11.6 Å². The lowest BCUT2D eigenvalue weighted by molar-refractivity contribution is 0.0951. The largest absolute Gasteiger partial charge is 0.464 e. The second kappa shape index (κ2) is 7.19. The predicted octanol–water partition coefficient (Wildman–Crippen LogP) is 4.02. The number of nitrogens with one attached hydrogen (secondary N) is 3. The van der Waals surface area contributed by atoms with Crippen molar-refractivity contribution in [3.8, 4) is 0 Å². The van der Waals surface area contributed by atoms with Crippen LogP contribution in [0.3, 0.4) is 0 Å². The van der Waals surface area contributed by atoms with E-state index in [1.54, 1.807) is 18.2 Å². The fraction of sp³-hybridized carbons (Fsp3) is 0.333. The number of carbonyl (C=O) groups excluding carboxylic acids is 2. The van der Waals surface area contributed by atoms with Gasteiger partial charge < -0.3 is 20.4 Å². The molecular weight excluding hydrogens is 342 g/mol. The van der Waals surface area contributed by atoms with Crippen LogP contribution in [-0.2, 0) is 0 Å². The van der Waals surface area contributed by atoms with Crippen molar-refractivity contribution in [2.45, 2.75) is 38.8 Å². The second-order valence-electron chi connectivity index (χ2n) is 6.21. The fourth-order valence-corrected chi connectivity index (χ4v) is 2.59. The minimum atomic E-state index is -0.391. The Morgan fingerprint density at radius 3 is 2.64 bits per heavy atom. The average Bonchev–Trinajstić information content (AvgIpc) is 3.26. The molecule has 3 amide bonds. The van der Waals surface area contributed by atoms with Crippen molar-refractivity contribution in [1.29, 1.82) is 0 Å². The molecule has 0 unspecified atom stereocenters. The molecule has 0 aliphatic heterocycles. The van der Waals surface area contributed by atoms with Gasteiger partial charge in [0.1, 0.15) is 11.5 Å². The quantitative estimate of drug-likeness (QED) is 0.752. The summed E-state index contributed by atoms with van der Waals surface area (Å²) < 4.78 is 5.49. The van der Waals surface area contributed by atoms with Crippen molar-refractivity contribution >= 4 is 29.2 Å². The van der Waals surface area contributed by atoms with Crippen molar-refractivity contribution in [1.82, 2.24) is 10.6 Å². The maximum absolute atomic E-state index is 12.2. The van der Waals surface area contributed by atoms with Crippen LogP contribution in [0.4, 0.5) is 10.5 Å². The van der Waals surface area contributed by atoms with Gasteiger partial charge in [0.05, 0.1) is 16.6 Å². The molecule has 7 heteroatoms. The molecule has 1 aliphatic carbocycles. The van der Waals surface area contributed by atoms with Gasteiger partial charge in [-0.25, -0.2) is 4.79 Å². The van der Waals surface area contributed by atoms with E-state index in [1.165, 1.54) is 0 Å². The van der Waals surface area contributed by atoms with Crippen LogP contribution in [0.2, 0.25) is 5.02 Å². The zero-order chi connectivity index (χ0) is 18.0. The van der Waals surface area contributed by atoms with E-state index in [2.05, 4.69) is 16.0 Å². The Morgan fingerprint density at radius 1 is 1.24 bits per heavy atom. The highest BCUT2D eigenvalue weighted by Crippen LogP contribution is 2.24. The lowest BCUT2D eigenvalue weighted by Gasteiger charge is -2.13. The summed E-state index contributed by atoms with van der Waals surface area (Å²) in [6, 6.07) is 8.05. The fourth-order valence-electron chi connectivity index (χ4n) is 2.39. The van der Waals surface area contributed by atoms with Crippen LogP contribution in [0.15, 0.2) is 34.7 Å². The number of hydrogen-bond donors (Lipinski definition) is 3. The van der Waals surface area contributed by atoms with Gasteiger partial charge in [-0.2, -0.15) is 0 Å². The Labute approximate surface area is 150 Å². The smallest absolute Gasteiger partial charge is 0.319 e. The van der Waals surface area contributed by atoms with Crippen LogP contribution in [0, 0.1) is 6.92 Å². The van der Waals surface area contributed by atoms with Gasteiger partial charge in [-0.05, 0) is 57.0 Å². The second-order valence-corrected chi connectivity index (χ2v) is 6.62. The van der Waals surface area contributed by atoms with Crippen molar-refractivity contribution in [2.75, 3.05) is 5.32 Å². The van der Waals surface area contributed by atoms with Crippen molar-refractivity contribution in [2.24, 2.45) is 0 Å². The Kier molecular flexibility index (Phi) is 4.99. The first-order valence-corrected chi connectivity index (χ1v) is 8.54. The molecule has 0 radical (unpaired) electrons. The zero-order valence-electron chi connectivity index (χ0n) is 14.1. The van der Waals surface area contributed by atoms with E-state index >= 15 is 0 Å². The van der Waals surface area contributed by atoms with Crippen LogP contribution >= 0.6 is 11.6 Å². The number of hydrogen-bond acceptors (Lipinski definition) is 3. The summed E-state index contributed by atoms with van der Waals surface area (Å²) >= 11 is 6.10. The van der Waals surface area contributed by atoms with E-state index in [-0.39, 0.29) is 18.0 Å². The number of furan rings is 1. The van der Waals surface area contributed by atoms with Gasteiger partial charge >= 0.3 is 6.03 Å². The molecule has 3 N–H and O–H groups in total. The van der Waals surface area contributed by atoms with Gasteiger partial charge in [0, 0.05) is 11.7 Å². The minimum absolute atomic E-state index is 0.226. The van der Waals surface area contributed by atoms with Gasteiger partial charge in [0.2, 0.25) is 0 Å². The molecule has 1 aromatic carbocycles. The molecule has 1 saturated carbocycles. The predicted molar refractivity (Wildman–Crippen MR) is 96.0 cm³/mol. The molecule has 0 saturated heterocycles. The third-order valence-corrected chi connectivity index (χ3v) is 4.25. The molecule has 1 aromatic heterocycles. The normalized spacial score (nSPS) is 14.7. The van der Waals surface area contributed by atoms with Crippen molar-refractivity contribution < 1.29 is 14.0 Å². The van der Waals surface area contributed by atoms with E-state index in [9.17, 15) is 9.59 Å². The number of anilines is 1. The lowest BCUT2D eigenvalue weighted by Crippen LogP contribution is -2.31. The molecule has 6 nitrogen and oxygen atoms in total. The number of urea groups is 1. The topological polar surface area (TPSA) is 83.4 Å². The first-order valence-electron chi connectivity index (χ1n) is 8.16. The summed E-state index contributed by atoms with van der Waals surface area (Å²) in [6.45, 7) is 3.67. The molecule has 3 rings (SSSR count). The van der Waals surface area contributed by atoms with E-state index in [0.29, 0.717) is 22.0 Å². The molecule has 1 fully saturated rings. The summed E-state index contributed by atoms with van der Waals surface area (Å²) in [7, 11) is 0. The molecule has 1 heterocycles. The van der Waals surface area contributed by atoms with Crippen LogP contribution < -0.4 is 16.0 Å². The molecule has 1 atom stereocenters. The number of amides is 3. The molecule has 2 aromatic rings. The number of halogens is 1. The van der Waals surface area contributed by atoms with Gasteiger partial charge in [0.25, 0.3) is 5.91 Å². The maximum Gasteiger partial charge on any atom is 0.319 e. The number of benzene rings is 1. The van der Waals surface area contributed by atoms with Gasteiger partial charge in [-0.3, -0.25) is 4.79 Å². The minimum Gasteiger partial charge on any atom is -0.464 e. The zero-order valence-corrected chi connectivity index (χ0v) is 14.8. The molecule has 132 valence electrons. The Hall–Kier alpha value is -2.47. The van der Waals surface area contributed by atoms with Crippen LogP contribution in [0.5, 0.6) is 0 Å². The summed E-state index contributed by atoms with van der Waals surface area (Å²) in [4.78, 5) is 24.3. The summed E-state index contributed by atoms with van der Waals surface area (Å²) in [5, 5.41) is 8.73. The molecule has 0 spiro atoms. The Morgan fingerprint density at radius 2 is 2.00 bits per heavy atom. The maximum atomic E-state index is 12.2. The highest BCUT2D eigenvalue weighted by atomic mass is 35.5. The summed E-state index contributed by atoms with van der Waals surface area (Å²) in [5.74, 6) is 1.23.